The molecule has 3 heteroatoms. The molecule has 0 aromatic heterocycles. The fourth-order valence-corrected chi connectivity index (χ4v) is 3.48. The van der Waals surface area contributed by atoms with E-state index in [9.17, 15) is 0 Å². The fourth-order valence-electron chi connectivity index (χ4n) is 3.48. The Morgan fingerprint density at radius 2 is 1.84 bits per heavy atom. The SMILES string of the molecule is CCOc1ccc(C(NN)C2(CC)CCCC2)cc1. The lowest BCUT2D eigenvalue weighted by Gasteiger charge is -2.37. The van der Waals surface area contributed by atoms with Gasteiger partial charge in [0.1, 0.15) is 5.75 Å². The third-order valence-electron chi connectivity index (χ3n) is 4.61. The molecule has 3 N–H and O–H groups in total. The second-order valence-corrected chi connectivity index (χ2v) is 5.52. The van der Waals surface area contributed by atoms with Gasteiger partial charge in [-0.15, -0.1) is 0 Å². The van der Waals surface area contributed by atoms with Crippen molar-refractivity contribution in [3.05, 3.63) is 29.8 Å². The molecule has 0 spiro atoms. The van der Waals surface area contributed by atoms with Gasteiger partial charge in [-0.2, -0.15) is 0 Å². The predicted molar refractivity (Wildman–Crippen MR) is 78.9 cm³/mol. The Hall–Kier alpha value is -1.06. The van der Waals surface area contributed by atoms with Gasteiger partial charge in [0.25, 0.3) is 0 Å². The molecule has 106 valence electrons. The normalized spacial score (nSPS) is 19.3. The van der Waals surface area contributed by atoms with Gasteiger partial charge in [-0.3, -0.25) is 11.3 Å². The summed E-state index contributed by atoms with van der Waals surface area (Å²) in [7, 11) is 0. The first-order valence-electron chi connectivity index (χ1n) is 7.44. The molecule has 0 saturated heterocycles. The van der Waals surface area contributed by atoms with Crippen molar-refractivity contribution in [1.82, 2.24) is 5.43 Å². The molecule has 1 aliphatic rings. The third-order valence-corrected chi connectivity index (χ3v) is 4.61. The maximum atomic E-state index is 5.86. The highest BCUT2D eigenvalue weighted by Crippen LogP contribution is 2.49. The smallest absolute Gasteiger partial charge is 0.119 e. The molecule has 1 saturated carbocycles. The topological polar surface area (TPSA) is 47.3 Å². The largest absolute Gasteiger partial charge is 0.494 e. The monoisotopic (exact) mass is 262 g/mol. The molecule has 1 aromatic rings. The summed E-state index contributed by atoms with van der Waals surface area (Å²) in [5.74, 6) is 6.79. The van der Waals surface area contributed by atoms with Crippen LogP contribution in [-0.2, 0) is 0 Å². The van der Waals surface area contributed by atoms with Crippen molar-refractivity contribution in [1.29, 1.82) is 0 Å². The van der Waals surface area contributed by atoms with E-state index in [4.69, 9.17) is 10.6 Å². The first-order chi connectivity index (χ1) is 9.25. The lowest BCUT2D eigenvalue weighted by atomic mass is 9.74. The molecule has 1 unspecified atom stereocenters. The van der Waals surface area contributed by atoms with Crippen LogP contribution in [0.2, 0.25) is 0 Å². The zero-order chi connectivity index (χ0) is 13.7. The minimum Gasteiger partial charge on any atom is -0.494 e. The van der Waals surface area contributed by atoms with E-state index in [2.05, 4.69) is 24.5 Å². The first-order valence-corrected chi connectivity index (χ1v) is 7.44. The van der Waals surface area contributed by atoms with Crippen molar-refractivity contribution in [3.63, 3.8) is 0 Å². The molecular formula is C16H26N2O. The zero-order valence-corrected chi connectivity index (χ0v) is 12.1. The molecule has 2 rings (SSSR count). The molecule has 19 heavy (non-hydrogen) atoms. The lowest BCUT2D eigenvalue weighted by Crippen LogP contribution is -2.40. The van der Waals surface area contributed by atoms with Crippen molar-refractivity contribution in [2.24, 2.45) is 11.3 Å². The minimum atomic E-state index is 0.246. The molecule has 0 amide bonds. The van der Waals surface area contributed by atoms with Gasteiger partial charge in [-0.1, -0.05) is 31.9 Å². The van der Waals surface area contributed by atoms with Gasteiger partial charge in [0, 0.05) is 0 Å². The van der Waals surface area contributed by atoms with E-state index < -0.39 is 0 Å². The van der Waals surface area contributed by atoms with Crippen LogP contribution >= 0.6 is 0 Å². The van der Waals surface area contributed by atoms with E-state index in [-0.39, 0.29) is 6.04 Å². The quantitative estimate of drug-likeness (QED) is 0.608. The predicted octanol–water partition coefficient (Wildman–Crippen LogP) is 3.56. The molecule has 0 heterocycles. The van der Waals surface area contributed by atoms with Crippen LogP contribution in [0.5, 0.6) is 5.75 Å². The van der Waals surface area contributed by atoms with Crippen LogP contribution in [-0.4, -0.2) is 6.61 Å². The highest BCUT2D eigenvalue weighted by atomic mass is 16.5. The van der Waals surface area contributed by atoms with Crippen LogP contribution in [0.4, 0.5) is 0 Å². The molecular weight excluding hydrogens is 236 g/mol. The number of benzene rings is 1. The van der Waals surface area contributed by atoms with Crippen molar-refractivity contribution < 1.29 is 4.74 Å². The Bertz CT molecular complexity index is 382. The van der Waals surface area contributed by atoms with Crippen LogP contribution in [0.3, 0.4) is 0 Å². The molecule has 1 aromatic carbocycles. The summed E-state index contributed by atoms with van der Waals surface area (Å²) in [6.07, 6.45) is 6.36. The summed E-state index contributed by atoms with van der Waals surface area (Å²) in [5.41, 5.74) is 4.66. The van der Waals surface area contributed by atoms with Gasteiger partial charge in [0.15, 0.2) is 0 Å². The minimum absolute atomic E-state index is 0.246. The number of hydrogen-bond donors (Lipinski definition) is 2. The summed E-state index contributed by atoms with van der Waals surface area (Å²) < 4.78 is 5.50. The molecule has 0 aliphatic heterocycles. The summed E-state index contributed by atoms with van der Waals surface area (Å²) in [6.45, 7) is 4.99. The van der Waals surface area contributed by atoms with Gasteiger partial charge in [-0.25, -0.2) is 0 Å². The van der Waals surface area contributed by atoms with Crippen molar-refractivity contribution in [2.75, 3.05) is 6.61 Å². The van der Waals surface area contributed by atoms with Crippen molar-refractivity contribution >= 4 is 0 Å². The molecule has 3 nitrogen and oxygen atoms in total. The molecule has 1 aliphatic carbocycles. The Labute approximate surface area is 116 Å². The Morgan fingerprint density at radius 1 is 1.21 bits per heavy atom. The Morgan fingerprint density at radius 3 is 2.32 bits per heavy atom. The summed E-state index contributed by atoms with van der Waals surface area (Å²) >= 11 is 0. The molecule has 1 atom stereocenters. The number of rotatable bonds is 6. The van der Waals surface area contributed by atoms with Crippen molar-refractivity contribution in [2.45, 2.75) is 52.0 Å². The number of nitrogens with one attached hydrogen (secondary N) is 1. The van der Waals surface area contributed by atoms with Gasteiger partial charge in [0.2, 0.25) is 0 Å². The van der Waals surface area contributed by atoms with E-state index in [0.29, 0.717) is 12.0 Å². The van der Waals surface area contributed by atoms with Gasteiger partial charge in [0.05, 0.1) is 12.6 Å². The third kappa shape index (κ3) is 2.93. The van der Waals surface area contributed by atoms with Gasteiger partial charge >= 0.3 is 0 Å². The van der Waals surface area contributed by atoms with Gasteiger partial charge < -0.3 is 4.74 Å². The molecule has 0 bridgehead atoms. The van der Waals surface area contributed by atoms with Crippen LogP contribution in [0.25, 0.3) is 0 Å². The maximum Gasteiger partial charge on any atom is 0.119 e. The van der Waals surface area contributed by atoms with Crippen molar-refractivity contribution in [3.8, 4) is 5.75 Å². The van der Waals surface area contributed by atoms with E-state index in [1.807, 2.05) is 19.1 Å². The van der Waals surface area contributed by atoms with Crippen LogP contribution in [0.15, 0.2) is 24.3 Å². The summed E-state index contributed by atoms with van der Waals surface area (Å²) in [5, 5.41) is 0. The standard InChI is InChI=1S/C16H26N2O/c1-3-16(11-5-6-12-16)15(18-17)13-7-9-14(10-8-13)19-4-2/h7-10,15,18H,3-6,11-12,17H2,1-2H3. The molecule has 0 radical (unpaired) electrons. The Balaban J connectivity index is 2.21. The van der Waals surface area contributed by atoms with Gasteiger partial charge in [-0.05, 0) is 49.3 Å². The van der Waals surface area contributed by atoms with E-state index in [1.165, 1.54) is 37.7 Å². The number of nitrogens with two attached hydrogens (primary N) is 1. The maximum absolute atomic E-state index is 5.86. The van der Waals surface area contributed by atoms with Crippen LogP contribution in [0, 0.1) is 5.41 Å². The summed E-state index contributed by atoms with van der Waals surface area (Å²) in [6, 6.07) is 8.62. The number of hydrogen-bond acceptors (Lipinski definition) is 3. The number of ether oxygens (including phenoxy) is 1. The highest BCUT2D eigenvalue weighted by Gasteiger charge is 2.40. The first kappa shape index (κ1) is 14.4. The molecule has 1 fully saturated rings. The zero-order valence-electron chi connectivity index (χ0n) is 12.1. The lowest BCUT2D eigenvalue weighted by molar-refractivity contribution is 0.188. The average Bonchev–Trinajstić information content (AvgIpc) is 2.92. The number of hydrazine groups is 1. The second-order valence-electron chi connectivity index (χ2n) is 5.52. The van der Waals surface area contributed by atoms with Crippen LogP contribution in [0.1, 0.15) is 57.6 Å². The Kier molecular flexibility index (Phi) is 4.83. The summed E-state index contributed by atoms with van der Waals surface area (Å²) in [4.78, 5) is 0. The average molecular weight is 262 g/mol. The van der Waals surface area contributed by atoms with E-state index in [0.717, 1.165) is 5.75 Å². The van der Waals surface area contributed by atoms with E-state index in [1.54, 1.807) is 0 Å². The fraction of sp³-hybridized carbons (Fsp3) is 0.625. The highest BCUT2D eigenvalue weighted by molar-refractivity contribution is 5.30. The van der Waals surface area contributed by atoms with Crippen LogP contribution < -0.4 is 16.0 Å². The van der Waals surface area contributed by atoms with E-state index >= 15 is 0 Å². The second kappa shape index (κ2) is 6.40.